The van der Waals surface area contributed by atoms with Gasteiger partial charge in [0.15, 0.2) is 11.6 Å². The minimum absolute atomic E-state index is 0.0315. The van der Waals surface area contributed by atoms with E-state index >= 15 is 0 Å². The van der Waals surface area contributed by atoms with Crippen LogP contribution < -0.4 is 4.72 Å². The molecule has 108 valence electrons. The predicted molar refractivity (Wildman–Crippen MR) is 63.2 cm³/mol. The zero-order valence-corrected chi connectivity index (χ0v) is 10.8. The third kappa shape index (κ3) is 4.08. The highest BCUT2D eigenvalue weighted by Crippen LogP contribution is 2.21. The van der Waals surface area contributed by atoms with E-state index in [2.05, 4.69) is 0 Å². The number of nitrogens with zero attached hydrogens (tertiary/aromatic N) is 1. The van der Waals surface area contributed by atoms with Crippen molar-refractivity contribution in [1.29, 1.82) is 0 Å². The van der Waals surface area contributed by atoms with Crippen molar-refractivity contribution in [2.24, 2.45) is 0 Å². The summed E-state index contributed by atoms with van der Waals surface area (Å²) in [6, 6.07) is 0.739. The Labute approximate surface area is 108 Å². The number of nitrogens with one attached hydrogen (secondary N) is 1. The van der Waals surface area contributed by atoms with Crippen LogP contribution in [0.15, 0.2) is 12.1 Å². The molecule has 1 aromatic carbocycles. The standard InChI is InChI=1S/C10H13F3N2O3S/c1-15(3-2-4-16)19(17,18)14-10-8(12)5-7(11)6-9(10)13/h5-6,14,16H,2-4H2,1H3. The van der Waals surface area contributed by atoms with Gasteiger partial charge in [0.1, 0.15) is 11.5 Å². The molecule has 0 aliphatic rings. The second-order valence-electron chi connectivity index (χ2n) is 3.75. The third-order valence-corrected chi connectivity index (χ3v) is 3.74. The molecule has 19 heavy (non-hydrogen) atoms. The summed E-state index contributed by atoms with van der Waals surface area (Å²) in [5.74, 6) is -3.85. The van der Waals surface area contributed by atoms with Crippen LogP contribution in [-0.2, 0) is 10.2 Å². The Morgan fingerprint density at radius 2 is 1.79 bits per heavy atom. The zero-order valence-electron chi connectivity index (χ0n) is 10.0. The average Bonchev–Trinajstić information content (AvgIpc) is 2.30. The lowest BCUT2D eigenvalue weighted by molar-refractivity contribution is 0.276. The van der Waals surface area contributed by atoms with Crippen LogP contribution in [0, 0.1) is 17.5 Å². The quantitative estimate of drug-likeness (QED) is 0.825. The van der Waals surface area contributed by atoms with E-state index in [0.717, 1.165) is 4.31 Å². The van der Waals surface area contributed by atoms with Gasteiger partial charge in [-0.3, -0.25) is 4.72 Å². The van der Waals surface area contributed by atoms with Crippen molar-refractivity contribution in [2.45, 2.75) is 6.42 Å². The zero-order chi connectivity index (χ0) is 14.6. The second-order valence-corrected chi connectivity index (χ2v) is 5.53. The highest BCUT2D eigenvalue weighted by Gasteiger charge is 2.21. The number of rotatable bonds is 6. The summed E-state index contributed by atoms with van der Waals surface area (Å²) in [7, 11) is -3.00. The van der Waals surface area contributed by atoms with Gasteiger partial charge in [-0.05, 0) is 6.42 Å². The lowest BCUT2D eigenvalue weighted by Crippen LogP contribution is -2.34. The van der Waals surface area contributed by atoms with E-state index in [1.807, 2.05) is 0 Å². The molecular weight excluding hydrogens is 285 g/mol. The van der Waals surface area contributed by atoms with E-state index in [-0.39, 0.29) is 19.6 Å². The Balaban J connectivity index is 2.96. The Kier molecular flexibility index (Phi) is 5.15. The van der Waals surface area contributed by atoms with Gasteiger partial charge >= 0.3 is 10.2 Å². The van der Waals surface area contributed by atoms with Crippen LogP contribution in [-0.4, -0.2) is 38.0 Å². The van der Waals surface area contributed by atoms with Crippen molar-refractivity contribution in [3.8, 4) is 0 Å². The molecule has 0 amide bonds. The van der Waals surface area contributed by atoms with Gasteiger partial charge in [0.25, 0.3) is 0 Å². The predicted octanol–water partition coefficient (Wildman–Crippen LogP) is 1.07. The first kappa shape index (κ1) is 15.7. The fourth-order valence-electron chi connectivity index (χ4n) is 1.26. The molecule has 9 heteroatoms. The first-order valence-corrected chi connectivity index (χ1v) is 6.71. The Bertz CT molecular complexity index is 528. The number of hydrogen-bond acceptors (Lipinski definition) is 3. The maximum atomic E-state index is 13.3. The Hall–Kier alpha value is -1.32. The molecule has 0 heterocycles. The molecule has 0 saturated carbocycles. The van der Waals surface area contributed by atoms with E-state index < -0.39 is 33.3 Å². The van der Waals surface area contributed by atoms with Gasteiger partial charge in [0, 0.05) is 32.3 Å². The molecule has 0 aromatic heterocycles. The van der Waals surface area contributed by atoms with Crippen molar-refractivity contribution >= 4 is 15.9 Å². The second kappa shape index (κ2) is 6.22. The molecule has 0 aliphatic heterocycles. The normalized spacial score (nSPS) is 11.9. The minimum atomic E-state index is -4.17. The van der Waals surface area contributed by atoms with Crippen LogP contribution in [0.3, 0.4) is 0 Å². The highest BCUT2D eigenvalue weighted by molar-refractivity contribution is 7.90. The molecule has 0 spiro atoms. The topological polar surface area (TPSA) is 69.6 Å². The van der Waals surface area contributed by atoms with Crippen LogP contribution in [0.1, 0.15) is 6.42 Å². The molecule has 1 aromatic rings. The summed E-state index contributed by atoms with van der Waals surface area (Å²) < 4.78 is 65.1. The van der Waals surface area contributed by atoms with Crippen LogP contribution >= 0.6 is 0 Å². The molecule has 2 N–H and O–H groups in total. The molecule has 5 nitrogen and oxygen atoms in total. The van der Waals surface area contributed by atoms with Crippen molar-refractivity contribution in [1.82, 2.24) is 4.31 Å². The molecule has 0 aliphatic carbocycles. The Morgan fingerprint density at radius 1 is 1.26 bits per heavy atom. The van der Waals surface area contributed by atoms with Crippen LogP contribution in [0.4, 0.5) is 18.9 Å². The van der Waals surface area contributed by atoms with Crippen molar-refractivity contribution in [3.05, 3.63) is 29.6 Å². The Morgan fingerprint density at radius 3 is 2.26 bits per heavy atom. The number of halogens is 3. The van der Waals surface area contributed by atoms with Gasteiger partial charge in [-0.25, -0.2) is 13.2 Å². The molecule has 0 bridgehead atoms. The molecular formula is C10H13F3N2O3S. The molecule has 0 unspecified atom stereocenters. The minimum Gasteiger partial charge on any atom is -0.396 e. The lowest BCUT2D eigenvalue weighted by atomic mass is 10.3. The largest absolute Gasteiger partial charge is 0.396 e. The summed E-state index contributed by atoms with van der Waals surface area (Å²) in [5.41, 5.74) is -0.947. The van der Waals surface area contributed by atoms with Gasteiger partial charge in [-0.1, -0.05) is 0 Å². The monoisotopic (exact) mass is 298 g/mol. The van der Waals surface area contributed by atoms with Gasteiger partial charge in [-0.15, -0.1) is 0 Å². The molecule has 0 atom stereocenters. The summed E-state index contributed by atoms with van der Waals surface area (Å²) in [6.07, 6.45) is 0.172. The summed E-state index contributed by atoms with van der Waals surface area (Å²) in [4.78, 5) is 0. The molecule has 0 radical (unpaired) electrons. The van der Waals surface area contributed by atoms with Crippen LogP contribution in [0.5, 0.6) is 0 Å². The van der Waals surface area contributed by atoms with Crippen LogP contribution in [0.2, 0.25) is 0 Å². The fourth-order valence-corrected chi connectivity index (χ4v) is 2.24. The van der Waals surface area contributed by atoms with Crippen molar-refractivity contribution < 1.29 is 26.7 Å². The number of hydrogen-bond donors (Lipinski definition) is 2. The maximum Gasteiger partial charge on any atom is 0.301 e. The molecule has 1 rings (SSSR count). The van der Waals surface area contributed by atoms with Gasteiger partial charge in [-0.2, -0.15) is 12.7 Å². The number of aliphatic hydroxyl groups excluding tert-OH is 1. The van der Waals surface area contributed by atoms with Crippen molar-refractivity contribution in [3.63, 3.8) is 0 Å². The molecule has 0 saturated heterocycles. The highest BCUT2D eigenvalue weighted by atomic mass is 32.2. The van der Waals surface area contributed by atoms with Gasteiger partial charge in [0.2, 0.25) is 0 Å². The van der Waals surface area contributed by atoms with Crippen LogP contribution in [0.25, 0.3) is 0 Å². The molecule has 0 fully saturated rings. The smallest absolute Gasteiger partial charge is 0.301 e. The lowest BCUT2D eigenvalue weighted by Gasteiger charge is -2.18. The van der Waals surface area contributed by atoms with E-state index in [4.69, 9.17) is 5.11 Å². The van der Waals surface area contributed by atoms with E-state index in [9.17, 15) is 21.6 Å². The summed E-state index contributed by atoms with van der Waals surface area (Å²) in [6.45, 7) is -0.255. The van der Waals surface area contributed by atoms with E-state index in [1.165, 1.54) is 7.05 Å². The first-order valence-electron chi connectivity index (χ1n) is 5.27. The average molecular weight is 298 g/mol. The number of anilines is 1. The van der Waals surface area contributed by atoms with E-state index in [0.29, 0.717) is 12.1 Å². The SMILES string of the molecule is CN(CCCO)S(=O)(=O)Nc1c(F)cc(F)cc1F. The summed E-state index contributed by atoms with van der Waals surface area (Å²) in [5, 5.41) is 8.59. The maximum absolute atomic E-state index is 13.3. The van der Waals surface area contributed by atoms with Crippen molar-refractivity contribution in [2.75, 3.05) is 24.9 Å². The fraction of sp³-hybridized carbons (Fsp3) is 0.400. The van der Waals surface area contributed by atoms with Gasteiger partial charge in [0.05, 0.1) is 0 Å². The number of benzene rings is 1. The number of aliphatic hydroxyl groups is 1. The first-order chi connectivity index (χ1) is 8.77. The third-order valence-electron chi connectivity index (χ3n) is 2.28. The van der Waals surface area contributed by atoms with Gasteiger partial charge < -0.3 is 5.11 Å². The summed E-state index contributed by atoms with van der Waals surface area (Å²) >= 11 is 0. The van der Waals surface area contributed by atoms with E-state index in [1.54, 1.807) is 4.72 Å².